The van der Waals surface area contributed by atoms with Gasteiger partial charge in [0, 0.05) is 25.6 Å². The highest BCUT2D eigenvalue weighted by Crippen LogP contribution is 2.21. The van der Waals surface area contributed by atoms with Gasteiger partial charge in [-0.1, -0.05) is 26.0 Å². The number of hydrogen-bond donors (Lipinski definition) is 2. The molecule has 148 valence electrons. The van der Waals surface area contributed by atoms with Crippen LogP contribution in [0.1, 0.15) is 44.6 Å². The lowest BCUT2D eigenvalue weighted by Gasteiger charge is -2.33. The number of nitrogens with zero attached hydrogens (tertiary/aromatic N) is 1. The van der Waals surface area contributed by atoms with Crippen LogP contribution < -0.4 is 5.32 Å². The lowest BCUT2D eigenvalue weighted by molar-refractivity contribution is -0.139. The first kappa shape index (κ1) is 20.9. The SMILES string of the molecule is CCC(C)C(=O)N1CCCC(C(=O)NCC(C(=O)O)c2ccc(F)cc2)C1. The van der Waals surface area contributed by atoms with Gasteiger partial charge in [0.05, 0.1) is 11.8 Å². The largest absolute Gasteiger partial charge is 0.481 e. The maximum atomic E-state index is 13.0. The number of benzene rings is 1. The van der Waals surface area contributed by atoms with E-state index in [1.54, 1.807) is 4.90 Å². The Balaban J connectivity index is 1.95. The molecule has 7 heteroatoms. The smallest absolute Gasteiger partial charge is 0.312 e. The van der Waals surface area contributed by atoms with E-state index in [2.05, 4.69) is 5.32 Å². The molecule has 27 heavy (non-hydrogen) atoms. The summed E-state index contributed by atoms with van der Waals surface area (Å²) in [7, 11) is 0. The first-order chi connectivity index (χ1) is 12.8. The van der Waals surface area contributed by atoms with Crippen molar-refractivity contribution in [2.45, 2.75) is 39.0 Å². The summed E-state index contributed by atoms with van der Waals surface area (Å²) in [5.41, 5.74) is 0.432. The van der Waals surface area contributed by atoms with Crippen molar-refractivity contribution in [1.82, 2.24) is 10.2 Å². The van der Waals surface area contributed by atoms with E-state index in [1.165, 1.54) is 24.3 Å². The fourth-order valence-corrected chi connectivity index (χ4v) is 3.27. The average Bonchev–Trinajstić information content (AvgIpc) is 2.67. The van der Waals surface area contributed by atoms with Crippen LogP contribution in [0.25, 0.3) is 0 Å². The zero-order chi connectivity index (χ0) is 20.0. The number of nitrogens with one attached hydrogen (secondary N) is 1. The topological polar surface area (TPSA) is 86.7 Å². The van der Waals surface area contributed by atoms with E-state index < -0.39 is 17.7 Å². The fourth-order valence-electron chi connectivity index (χ4n) is 3.27. The molecule has 3 unspecified atom stereocenters. The number of hydrogen-bond acceptors (Lipinski definition) is 3. The highest BCUT2D eigenvalue weighted by atomic mass is 19.1. The van der Waals surface area contributed by atoms with Crippen molar-refractivity contribution >= 4 is 17.8 Å². The molecule has 0 aromatic heterocycles. The van der Waals surface area contributed by atoms with E-state index >= 15 is 0 Å². The predicted octanol–water partition coefficient (Wildman–Crippen LogP) is 2.39. The number of carboxylic acids is 1. The lowest BCUT2D eigenvalue weighted by atomic mass is 9.94. The summed E-state index contributed by atoms with van der Waals surface area (Å²) in [5.74, 6) is -3.07. The number of carbonyl (C=O) groups excluding carboxylic acids is 2. The fraction of sp³-hybridized carbons (Fsp3) is 0.550. The van der Waals surface area contributed by atoms with Crippen molar-refractivity contribution in [1.29, 1.82) is 0 Å². The van der Waals surface area contributed by atoms with Gasteiger partial charge in [-0.05, 0) is 37.0 Å². The molecule has 6 nitrogen and oxygen atoms in total. The van der Waals surface area contributed by atoms with Gasteiger partial charge in [0.1, 0.15) is 5.82 Å². The molecule has 0 radical (unpaired) electrons. The number of likely N-dealkylation sites (tertiary alicyclic amines) is 1. The van der Waals surface area contributed by atoms with E-state index in [-0.39, 0.29) is 30.2 Å². The molecule has 3 atom stereocenters. The van der Waals surface area contributed by atoms with Crippen molar-refractivity contribution in [3.63, 3.8) is 0 Å². The van der Waals surface area contributed by atoms with Crippen LogP contribution in [0.2, 0.25) is 0 Å². The predicted molar refractivity (Wildman–Crippen MR) is 98.5 cm³/mol. The van der Waals surface area contributed by atoms with Crippen LogP contribution in [0.4, 0.5) is 4.39 Å². The average molecular weight is 378 g/mol. The van der Waals surface area contributed by atoms with Gasteiger partial charge in [-0.3, -0.25) is 14.4 Å². The second-order valence-corrected chi connectivity index (χ2v) is 7.12. The van der Waals surface area contributed by atoms with Crippen molar-refractivity contribution in [2.75, 3.05) is 19.6 Å². The lowest BCUT2D eigenvalue weighted by Crippen LogP contribution is -2.47. The highest BCUT2D eigenvalue weighted by molar-refractivity contribution is 5.83. The third-order valence-electron chi connectivity index (χ3n) is 5.19. The normalized spacial score (nSPS) is 19.2. The first-order valence-corrected chi connectivity index (χ1v) is 9.38. The van der Waals surface area contributed by atoms with Crippen LogP contribution in [-0.4, -0.2) is 47.4 Å². The number of halogens is 1. The molecule has 1 heterocycles. The highest BCUT2D eigenvalue weighted by Gasteiger charge is 2.30. The summed E-state index contributed by atoms with van der Waals surface area (Å²) in [6.07, 6.45) is 2.18. The Morgan fingerprint density at radius 3 is 2.56 bits per heavy atom. The maximum Gasteiger partial charge on any atom is 0.312 e. The van der Waals surface area contributed by atoms with E-state index in [0.717, 1.165) is 12.8 Å². The van der Waals surface area contributed by atoms with Crippen molar-refractivity contribution in [2.24, 2.45) is 11.8 Å². The summed E-state index contributed by atoms with van der Waals surface area (Å²) in [4.78, 5) is 38.1. The molecule has 1 aliphatic heterocycles. The Labute approximate surface area is 158 Å². The van der Waals surface area contributed by atoms with Gasteiger partial charge in [0.15, 0.2) is 0 Å². The molecule has 0 saturated carbocycles. The number of piperidine rings is 1. The molecule has 2 amide bonds. The summed E-state index contributed by atoms with van der Waals surface area (Å²) in [6, 6.07) is 5.22. The monoisotopic (exact) mass is 378 g/mol. The quantitative estimate of drug-likeness (QED) is 0.763. The third-order valence-corrected chi connectivity index (χ3v) is 5.19. The zero-order valence-corrected chi connectivity index (χ0v) is 15.8. The van der Waals surface area contributed by atoms with Crippen LogP contribution in [0.3, 0.4) is 0 Å². The van der Waals surface area contributed by atoms with Crippen molar-refractivity contribution < 1.29 is 23.9 Å². The van der Waals surface area contributed by atoms with Crippen LogP contribution in [-0.2, 0) is 14.4 Å². The van der Waals surface area contributed by atoms with Crippen molar-refractivity contribution in [3.8, 4) is 0 Å². The van der Waals surface area contributed by atoms with Gasteiger partial charge in [0.2, 0.25) is 11.8 Å². The molecule has 2 rings (SSSR count). The van der Waals surface area contributed by atoms with Gasteiger partial charge in [-0.15, -0.1) is 0 Å². The number of carboxylic acid groups (broad SMARTS) is 1. The van der Waals surface area contributed by atoms with E-state index in [9.17, 15) is 23.9 Å². The second-order valence-electron chi connectivity index (χ2n) is 7.12. The molecule has 0 bridgehead atoms. The van der Waals surface area contributed by atoms with Gasteiger partial charge in [-0.2, -0.15) is 0 Å². The van der Waals surface area contributed by atoms with Crippen LogP contribution >= 0.6 is 0 Å². The van der Waals surface area contributed by atoms with E-state index in [1.807, 2.05) is 13.8 Å². The molecule has 1 fully saturated rings. The number of carbonyl (C=O) groups is 3. The summed E-state index contributed by atoms with van der Waals surface area (Å²) in [6.45, 7) is 4.78. The van der Waals surface area contributed by atoms with Gasteiger partial charge >= 0.3 is 5.97 Å². The minimum Gasteiger partial charge on any atom is -0.481 e. The van der Waals surface area contributed by atoms with Crippen LogP contribution in [0, 0.1) is 17.7 Å². The Bertz CT molecular complexity index is 677. The van der Waals surface area contributed by atoms with E-state index in [0.29, 0.717) is 25.1 Å². The second kappa shape index (κ2) is 9.48. The molecule has 2 N–H and O–H groups in total. The minimum atomic E-state index is -1.08. The molecule has 1 aromatic carbocycles. The summed E-state index contributed by atoms with van der Waals surface area (Å²) < 4.78 is 13.0. The van der Waals surface area contributed by atoms with Gasteiger partial charge < -0.3 is 15.3 Å². The van der Waals surface area contributed by atoms with Gasteiger partial charge in [0.25, 0.3) is 0 Å². The standard InChI is InChI=1S/C20H27FN2O4/c1-3-13(2)19(25)23-10-4-5-15(12-23)18(24)22-11-17(20(26)27)14-6-8-16(21)9-7-14/h6-9,13,15,17H,3-5,10-12H2,1-2H3,(H,22,24)(H,26,27). The third kappa shape index (κ3) is 5.52. The minimum absolute atomic E-state index is 0.0599. The van der Waals surface area contributed by atoms with Crippen LogP contribution in [0.15, 0.2) is 24.3 Å². The van der Waals surface area contributed by atoms with Gasteiger partial charge in [-0.25, -0.2) is 4.39 Å². The molecule has 1 aliphatic rings. The molecule has 0 spiro atoms. The first-order valence-electron chi connectivity index (χ1n) is 9.38. The number of amides is 2. The number of rotatable bonds is 7. The molecule has 1 aromatic rings. The Morgan fingerprint density at radius 2 is 1.96 bits per heavy atom. The Kier molecular flexibility index (Phi) is 7.33. The summed E-state index contributed by atoms with van der Waals surface area (Å²) in [5, 5.41) is 12.1. The van der Waals surface area contributed by atoms with Crippen LogP contribution in [0.5, 0.6) is 0 Å². The number of aliphatic carboxylic acids is 1. The Hall–Kier alpha value is -2.44. The molecule has 1 saturated heterocycles. The Morgan fingerprint density at radius 1 is 1.30 bits per heavy atom. The van der Waals surface area contributed by atoms with E-state index in [4.69, 9.17) is 0 Å². The zero-order valence-electron chi connectivity index (χ0n) is 15.8. The summed E-state index contributed by atoms with van der Waals surface area (Å²) >= 11 is 0. The van der Waals surface area contributed by atoms with Crippen molar-refractivity contribution in [3.05, 3.63) is 35.6 Å². The molecule has 0 aliphatic carbocycles. The molecular formula is C20H27FN2O4. The maximum absolute atomic E-state index is 13.0. The molecular weight excluding hydrogens is 351 g/mol.